The van der Waals surface area contributed by atoms with Crippen LogP contribution in [0.2, 0.25) is 0 Å². The Morgan fingerprint density at radius 1 is 1.43 bits per heavy atom. The van der Waals surface area contributed by atoms with Crippen molar-refractivity contribution in [2.45, 2.75) is 52.8 Å². The van der Waals surface area contributed by atoms with Crippen molar-refractivity contribution in [2.24, 2.45) is 0 Å². The summed E-state index contributed by atoms with van der Waals surface area (Å²) in [6, 6.07) is 0. The van der Waals surface area contributed by atoms with Gasteiger partial charge in [0.25, 0.3) is 0 Å². The van der Waals surface area contributed by atoms with Gasteiger partial charge >= 0.3 is 11.7 Å². The first-order valence-corrected chi connectivity index (χ1v) is 7.01. The number of nitrogens with zero attached hydrogens (tertiary/aromatic N) is 2. The van der Waals surface area contributed by atoms with E-state index in [1.54, 1.807) is 4.74 Å². The Labute approximate surface area is 123 Å². The van der Waals surface area contributed by atoms with E-state index in [0.29, 0.717) is 25.1 Å². The normalized spacial score (nSPS) is 14.8. The van der Waals surface area contributed by atoms with Crippen molar-refractivity contribution in [1.82, 2.24) is 9.64 Å². The van der Waals surface area contributed by atoms with Crippen LogP contribution in [0.15, 0.2) is 21.5 Å². The number of fused-ring (bicyclic) bond motifs is 1. The Morgan fingerprint density at radius 2 is 2.10 bits per heavy atom. The van der Waals surface area contributed by atoms with Gasteiger partial charge in [0.1, 0.15) is 5.60 Å². The summed E-state index contributed by atoms with van der Waals surface area (Å²) in [6.07, 6.45) is 0.174. The second kappa shape index (κ2) is 5.42. The zero-order chi connectivity index (χ0) is 15.8. The van der Waals surface area contributed by atoms with Gasteiger partial charge in [-0.15, -0.1) is 0 Å². The van der Waals surface area contributed by atoms with Crippen molar-refractivity contribution >= 4 is 6.09 Å². The van der Waals surface area contributed by atoms with E-state index in [0.717, 1.165) is 11.3 Å². The fraction of sp³-hybridized carbons (Fsp3) is 0.600. The van der Waals surface area contributed by atoms with Crippen molar-refractivity contribution in [3.63, 3.8) is 0 Å². The summed E-state index contributed by atoms with van der Waals surface area (Å²) in [7, 11) is 0. The van der Waals surface area contributed by atoms with Gasteiger partial charge in [-0.3, -0.25) is 0 Å². The molecule has 0 fully saturated rings. The van der Waals surface area contributed by atoms with Gasteiger partial charge in [-0.05, 0) is 27.7 Å². The number of ether oxygens (including phenoxy) is 1. The first-order valence-electron chi connectivity index (χ1n) is 7.01. The van der Waals surface area contributed by atoms with Crippen molar-refractivity contribution in [1.29, 1.82) is 0 Å². The lowest BCUT2D eigenvalue weighted by molar-refractivity contribution is 0.0222. The van der Waals surface area contributed by atoms with Crippen molar-refractivity contribution in [2.75, 3.05) is 6.54 Å². The number of carbonyl (C=O) groups excluding carboxylic acids is 1. The molecule has 21 heavy (non-hydrogen) atoms. The first-order chi connectivity index (χ1) is 9.67. The number of amides is 1. The molecular formula is C15H22N2O4. The van der Waals surface area contributed by atoms with Crippen LogP contribution in [-0.2, 0) is 24.2 Å². The Morgan fingerprint density at radius 3 is 2.67 bits per heavy atom. The Balaban J connectivity index is 2.18. The predicted molar refractivity (Wildman–Crippen MR) is 78.1 cm³/mol. The molecule has 0 N–H and O–H groups in total. The molecule has 6 nitrogen and oxygen atoms in total. The highest BCUT2D eigenvalue weighted by molar-refractivity contribution is 5.68. The van der Waals surface area contributed by atoms with Crippen molar-refractivity contribution in [3.8, 4) is 0 Å². The minimum atomic E-state index is -0.548. The van der Waals surface area contributed by atoms with Crippen LogP contribution in [0.1, 0.15) is 39.0 Å². The van der Waals surface area contributed by atoms with Crippen LogP contribution < -0.4 is 5.63 Å². The predicted octanol–water partition coefficient (Wildman–Crippen LogP) is 2.31. The maximum atomic E-state index is 12.1. The van der Waals surface area contributed by atoms with E-state index in [-0.39, 0.29) is 12.2 Å². The zero-order valence-electron chi connectivity index (χ0n) is 13.1. The molecule has 1 aliphatic heterocycles. The standard InChI is InChI=1S/C15H22N2O4/c1-10(2)8-17-12-6-7-16(9-11(12)13(18)21-17)14(19)20-15(3,4)5/h1,6-9H2,2-5H3. The smallest absolute Gasteiger partial charge is 0.410 e. The minimum Gasteiger partial charge on any atom is -0.444 e. The molecule has 1 aromatic heterocycles. The molecule has 2 rings (SSSR count). The highest BCUT2D eigenvalue weighted by atomic mass is 16.6. The van der Waals surface area contributed by atoms with Gasteiger partial charge in [-0.2, -0.15) is 0 Å². The topological polar surface area (TPSA) is 64.7 Å². The summed E-state index contributed by atoms with van der Waals surface area (Å²) < 4.78 is 12.1. The van der Waals surface area contributed by atoms with E-state index >= 15 is 0 Å². The molecule has 1 amide bonds. The largest absolute Gasteiger partial charge is 0.444 e. The van der Waals surface area contributed by atoms with Crippen LogP contribution in [0, 0.1) is 0 Å². The second-order valence-corrected chi connectivity index (χ2v) is 6.45. The molecule has 116 valence electrons. The van der Waals surface area contributed by atoms with Gasteiger partial charge in [-0.1, -0.05) is 12.2 Å². The molecule has 0 aliphatic carbocycles. The molecule has 0 bridgehead atoms. The van der Waals surface area contributed by atoms with Crippen LogP contribution in [0.25, 0.3) is 0 Å². The first kappa shape index (κ1) is 15.4. The fourth-order valence-electron chi connectivity index (χ4n) is 2.28. The van der Waals surface area contributed by atoms with E-state index in [1.807, 2.05) is 27.7 Å². The summed E-state index contributed by atoms with van der Waals surface area (Å²) in [6.45, 7) is 12.4. The van der Waals surface area contributed by atoms with Crippen LogP contribution >= 0.6 is 0 Å². The monoisotopic (exact) mass is 294 g/mol. The van der Waals surface area contributed by atoms with Crippen LogP contribution in [0.5, 0.6) is 0 Å². The van der Waals surface area contributed by atoms with E-state index in [1.165, 1.54) is 4.90 Å². The zero-order valence-corrected chi connectivity index (χ0v) is 13.1. The highest BCUT2D eigenvalue weighted by Gasteiger charge is 2.30. The Bertz CT molecular complexity index is 619. The third-order valence-corrected chi connectivity index (χ3v) is 3.12. The molecular weight excluding hydrogens is 272 g/mol. The van der Waals surface area contributed by atoms with Gasteiger partial charge in [-0.25, -0.2) is 14.3 Å². The summed E-state index contributed by atoms with van der Waals surface area (Å²) >= 11 is 0. The van der Waals surface area contributed by atoms with E-state index in [2.05, 4.69) is 6.58 Å². The van der Waals surface area contributed by atoms with Gasteiger partial charge < -0.3 is 14.2 Å². The minimum absolute atomic E-state index is 0.232. The summed E-state index contributed by atoms with van der Waals surface area (Å²) in [5.41, 5.74) is 1.36. The molecule has 0 saturated heterocycles. The molecule has 0 unspecified atom stereocenters. The fourth-order valence-corrected chi connectivity index (χ4v) is 2.28. The molecule has 0 radical (unpaired) electrons. The van der Waals surface area contributed by atoms with E-state index in [4.69, 9.17) is 9.26 Å². The maximum Gasteiger partial charge on any atom is 0.410 e. The third kappa shape index (κ3) is 3.56. The molecule has 0 aromatic carbocycles. The average Bonchev–Trinajstić information content (AvgIpc) is 2.63. The third-order valence-electron chi connectivity index (χ3n) is 3.12. The van der Waals surface area contributed by atoms with Crippen molar-refractivity contribution < 1.29 is 14.1 Å². The number of carbonyl (C=O) groups is 1. The maximum absolute atomic E-state index is 12.1. The molecule has 1 aliphatic rings. The van der Waals surface area contributed by atoms with Gasteiger partial charge in [0.05, 0.1) is 24.3 Å². The van der Waals surface area contributed by atoms with E-state index < -0.39 is 11.7 Å². The second-order valence-electron chi connectivity index (χ2n) is 6.45. The van der Waals surface area contributed by atoms with Crippen LogP contribution in [0.3, 0.4) is 0 Å². The summed E-state index contributed by atoms with van der Waals surface area (Å²) in [5.74, 6) is 0. The lowest BCUT2D eigenvalue weighted by Crippen LogP contribution is -2.41. The Kier molecular flexibility index (Phi) is 3.98. The van der Waals surface area contributed by atoms with Gasteiger partial charge in [0.2, 0.25) is 0 Å². The SMILES string of the molecule is C=C(C)Cn1oc(=O)c2c1CCN(C(=O)OC(C)(C)C)C2. The average molecular weight is 294 g/mol. The molecule has 2 heterocycles. The van der Waals surface area contributed by atoms with Gasteiger partial charge in [0.15, 0.2) is 0 Å². The number of allylic oxidation sites excluding steroid dienone is 1. The quantitative estimate of drug-likeness (QED) is 0.785. The highest BCUT2D eigenvalue weighted by Crippen LogP contribution is 2.20. The lowest BCUT2D eigenvalue weighted by Gasteiger charge is -2.29. The molecule has 6 heteroatoms. The molecule has 0 atom stereocenters. The Hall–Kier alpha value is -1.98. The van der Waals surface area contributed by atoms with Gasteiger partial charge in [0, 0.05) is 13.0 Å². The molecule has 0 spiro atoms. The number of rotatable bonds is 2. The summed E-state index contributed by atoms with van der Waals surface area (Å²) in [4.78, 5) is 25.5. The van der Waals surface area contributed by atoms with Crippen LogP contribution in [-0.4, -0.2) is 27.9 Å². The number of aromatic nitrogens is 1. The lowest BCUT2D eigenvalue weighted by atomic mass is 10.1. The van der Waals surface area contributed by atoms with Crippen LogP contribution in [0.4, 0.5) is 4.79 Å². The molecule has 0 saturated carbocycles. The number of hydrogen-bond acceptors (Lipinski definition) is 4. The molecule has 1 aromatic rings. The van der Waals surface area contributed by atoms with Crippen molar-refractivity contribution in [3.05, 3.63) is 33.8 Å². The summed E-state index contributed by atoms with van der Waals surface area (Å²) in [5, 5.41) is 0. The number of hydrogen-bond donors (Lipinski definition) is 0. The van der Waals surface area contributed by atoms with E-state index in [9.17, 15) is 9.59 Å².